The van der Waals surface area contributed by atoms with Crippen molar-refractivity contribution in [1.82, 2.24) is 0 Å². The molecule has 0 aliphatic carbocycles. The Morgan fingerprint density at radius 3 is 1.08 bits per heavy atom. The largest absolute Gasteiger partial charge is 0.207 e. The molecule has 10 rings (SSSR count). The van der Waals surface area contributed by atoms with Gasteiger partial charge in [0.2, 0.25) is 0 Å². The summed E-state index contributed by atoms with van der Waals surface area (Å²) in [5, 5.41) is 0. The Balaban J connectivity index is 0.000000187. The zero-order valence-electron chi connectivity index (χ0n) is 43.7. The van der Waals surface area contributed by atoms with Crippen molar-refractivity contribution in [3.05, 3.63) is 322 Å². The van der Waals surface area contributed by atoms with Crippen molar-refractivity contribution >= 4 is 0 Å². The lowest BCUT2D eigenvalue weighted by Gasteiger charge is -2.04. The van der Waals surface area contributed by atoms with Crippen molar-refractivity contribution in [2.24, 2.45) is 0 Å². The molecule has 0 aromatic heterocycles. The van der Waals surface area contributed by atoms with Crippen LogP contribution in [0.25, 0.3) is 33.4 Å². The number of benzene rings is 10. The normalized spacial score (nSPS) is 9.71. The van der Waals surface area contributed by atoms with Gasteiger partial charge in [-0.2, -0.15) is 0 Å². The van der Waals surface area contributed by atoms with E-state index in [1.807, 2.05) is 64.1 Å². The van der Waals surface area contributed by atoms with E-state index in [-0.39, 0.29) is 23.3 Å². The van der Waals surface area contributed by atoms with Crippen LogP contribution in [0.3, 0.4) is 0 Å². The SMILES string of the molecule is Cc1cc(C)c(C)c(F)c1.Cc1ccc(-c2ccccc2)cc1.Cc1ccc(F)cc1.Cc1cccc(-c2ccccc2)c1.Cc1cccc(F)c1.Cc1ccccc1-c1ccccc1.Cc1ccccc1F. The Morgan fingerprint density at radius 1 is 0.219 bits per heavy atom. The molecule has 10 aromatic carbocycles. The standard InChI is InChI=1S/3C13H12.C9H11F.3C7H7F/c1-11-7-5-6-10-13(11)12-8-3-2-4-9-12;1-11-6-5-9-13(10-11)12-7-3-2-4-8-12;1-11-7-9-13(10-8-11)12-5-3-2-4-6-12;1-6-4-7(2)8(3)9(10)5-6;1-6-2-4-7(8)5-3-6;1-6-3-2-4-7(8)5-6;1-6-4-2-3-5-7(6)8/h3*2-10H,1H3;4-5H,1-3H3;3*2-5H,1H3. The molecule has 0 radical (unpaired) electrons. The molecule has 10 aromatic rings. The van der Waals surface area contributed by atoms with Crippen molar-refractivity contribution in [3.8, 4) is 33.4 Å². The fourth-order valence-electron chi connectivity index (χ4n) is 7.02. The molecule has 0 aliphatic heterocycles. The van der Waals surface area contributed by atoms with Crippen LogP contribution in [-0.2, 0) is 0 Å². The van der Waals surface area contributed by atoms with Gasteiger partial charge in [0, 0.05) is 0 Å². The second kappa shape index (κ2) is 31.3. The molecule has 0 bridgehead atoms. The van der Waals surface area contributed by atoms with E-state index in [0.717, 1.165) is 27.8 Å². The predicted molar refractivity (Wildman–Crippen MR) is 304 cm³/mol. The van der Waals surface area contributed by atoms with Gasteiger partial charge in [-0.1, -0.05) is 229 Å². The van der Waals surface area contributed by atoms with Gasteiger partial charge in [-0.15, -0.1) is 0 Å². The molecule has 0 unspecified atom stereocenters. The van der Waals surface area contributed by atoms with Gasteiger partial charge in [0.05, 0.1) is 0 Å². The Labute approximate surface area is 433 Å². The lowest BCUT2D eigenvalue weighted by atomic mass is 10.0. The van der Waals surface area contributed by atoms with Crippen LogP contribution >= 0.6 is 0 Å². The van der Waals surface area contributed by atoms with Crippen LogP contribution in [0.2, 0.25) is 0 Å². The van der Waals surface area contributed by atoms with Crippen LogP contribution in [0.5, 0.6) is 0 Å². The van der Waals surface area contributed by atoms with Gasteiger partial charge in [0.1, 0.15) is 23.3 Å². The molecule has 0 saturated heterocycles. The third-order valence-corrected chi connectivity index (χ3v) is 11.3. The molecule has 0 heterocycles. The second-order valence-electron chi connectivity index (χ2n) is 17.7. The lowest BCUT2D eigenvalue weighted by Crippen LogP contribution is -1.87. The quantitative estimate of drug-likeness (QED) is 0.155. The molecule has 0 spiro atoms. The van der Waals surface area contributed by atoms with E-state index in [4.69, 9.17) is 0 Å². The highest BCUT2D eigenvalue weighted by Gasteiger charge is 2.01. The van der Waals surface area contributed by atoms with Crippen LogP contribution in [0, 0.1) is 85.6 Å². The highest BCUT2D eigenvalue weighted by atomic mass is 19.1. The summed E-state index contributed by atoms with van der Waals surface area (Å²) in [6, 6.07) is 80.1. The van der Waals surface area contributed by atoms with Crippen molar-refractivity contribution in [3.63, 3.8) is 0 Å². The maximum Gasteiger partial charge on any atom is 0.126 e. The molecule has 0 nitrogen and oxygen atoms in total. The summed E-state index contributed by atoms with van der Waals surface area (Å²) in [5.74, 6) is -0.564. The third kappa shape index (κ3) is 21.8. The van der Waals surface area contributed by atoms with Gasteiger partial charge in [0.15, 0.2) is 0 Å². The van der Waals surface area contributed by atoms with Gasteiger partial charge in [-0.25, -0.2) is 17.6 Å². The zero-order chi connectivity index (χ0) is 53.0. The Hall–Kier alpha value is -8.08. The van der Waals surface area contributed by atoms with Crippen molar-refractivity contribution in [1.29, 1.82) is 0 Å². The summed E-state index contributed by atoms with van der Waals surface area (Å²) in [4.78, 5) is 0. The number of rotatable bonds is 3. The van der Waals surface area contributed by atoms with Crippen molar-refractivity contribution in [2.75, 3.05) is 0 Å². The monoisotopic (exact) mass is 973 g/mol. The van der Waals surface area contributed by atoms with Gasteiger partial charge in [-0.3, -0.25) is 0 Å². The molecular weight excluding hydrogens is 905 g/mol. The van der Waals surface area contributed by atoms with Crippen LogP contribution in [0.1, 0.15) is 50.1 Å². The van der Waals surface area contributed by atoms with Gasteiger partial charge in [0.25, 0.3) is 0 Å². The number of aryl methyl sites for hydroxylation is 8. The lowest BCUT2D eigenvalue weighted by molar-refractivity contribution is 0.615. The molecular formula is C69H68F4. The molecule has 0 atom stereocenters. The second-order valence-corrected chi connectivity index (χ2v) is 17.7. The average Bonchev–Trinajstić information content (AvgIpc) is 3.40. The Morgan fingerprint density at radius 2 is 0.644 bits per heavy atom. The fourth-order valence-corrected chi connectivity index (χ4v) is 7.02. The van der Waals surface area contributed by atoms with Crippen LogP contribution < -0.4 is 0 Å². The predicted octanol–water partition coefficient (Wildman–Crippen LogP) is 20.1. The van der Waals surface area contributed by atoms with Crippen molar-refractivity contribution in [2.45, 2.75) is 62.3 Å². The topological polar surface area (TPSA) is 0 Å². The first-order valence-corrected chi connectivity index (χ1v) is 24.3. The average molecular weight is 973 g/mol. The molecule has 73 heavy (non-hydrogen) atoms. The van der Waals surface area contributed by atoms with E-state index in [2.05, 4.69) is 166 Å². The van der Waals surface area contributed by atoms with E-state index >= 15 is 0 Å². The smallest absolute Gasteiger partial charge is 0.126 e. The van der Waals surface area contributed by atoms with Crippen LogP contribution in [-0.4, -0.2) is 0 Å². The highest BCUT2D eigenvalue weighted by Crippen LogP contribution is 2.23. The summed E-state index contributed by atoms with van der Waals surface area (Å²) in [6.07, 6.45) is 0. The number of hydrogen-bond donors (Lipinski definition) is 0. The zero-order valence-corrected chi connectivity index (χ0v) is 43.7. The third-order valence-electron chi connectivity index (χ3n) is 11.3. The van der Waals surface area contributed by atoms with E-state index in [0.29, 0.717) is 5.56 Å². The van der Waals surface area contributed by atoms with Crippen molar-refractivity contribution < 1.29 is 17.6 Å². The van der Waals surface area contributed by atoms with Gasteiger partial charge >= 0.3 is 0 Å². The van der Waals surface area contributed by atoms with Gasteiger partial charge < -0.3 is 0 Å². The first kappa shape index (κ1) is 57.5. The molecule has 0 amide bonds. The minimum absolute atomic E-state index is 0.0995. The molecule has 0 saturated carbocycles. The van der Waals surface area contributed by atoms with E-state index in [9.17, 15) is 17.6 Å². The first-order chi connectivity index (χ1) is 35.1. The molecule has 0 aliphatic rings. The summed E-state index contributed by atoms with van der Waals surface area (Å²) in [6.45, 7) is 17.5. The number of halogens is 4. The summed E-state index contributed by atoms with van der Waals surface area (Å²) in [7, 11) is 0. The summed E-state index contributed by atoms with van der Waals surface area (Å²) in [5.41, 5.74) is 17.2. The Bertz CT molecular complexity index is 3030. The minimum atomic E-state index is -0.171. The Kier molecular flexibility index (Phi) is 24.7. The highest BCUT2D eigenvalue weighted by molar-refractivity contribution is 5.67. The molecule has 0 fully saturated rings. The van der Waals surface area contributed by atoms with E-state index in [1.54, 1.807) is 50.2 Å². The van der Waals surface area contributed by atoms with Gasteiger partial charge in [-0.05, 0) is 165 Å². The van der Waals surface area contributed by atoms with Crippen LogP contribution in [0.4, 0.5) is 17.6 Å². The summed E-state index contributed by atoms with van der Waals surface area (Å²) < 4.78 is 49.4. The maximum atomic E-state index is 12.8. The van der Waals surface area contributed by atoms with Crippen LogP contribution in [0.15, 0.2) is 249 Å². The summed E-state index contributed by atoms with van der Waals surface area (Å²) >= 11 is 0. The van der Waals surface area contributed by atoms with E-state index in [1.165, 1.54) is 80.4 Å². The minimum Gasteiger partial charge on any atom is -0.207 e. The fraction of sp³-hybridized carbons (Fsp3) is 0.130. The first-order valence-electron chi connectivity index (χ1n) is 24.3. The molecule has 372 valence electrons. The molecule has 4 heteroatoms. The number of hydrogen-bond acceptors (Lipinski definition) is 0. The van der Waals surface area contributed by atoms with E-state index < -0.39 is 0 Å². The maximum absolute atomic E-state index is 12.8. The molecule has 0 N–H and O–H groups in total.